The lowest BCUT2D eigenvalue weighted by molar-refractivity contribution is -0.141. The van der Waals surface area contributed by atoms with E-state index in [0.29, 0.717) is 5.82 Å². The number of aryl methyl sites for hydroxylation is 1. The van der Waals surface area contributed by atoms with E-state index in [9.17, 15) is 18.0 Å². The molecule has 0 saturated heterocycles. The van der Waals surface area contributed by atoms with Gasteiger partial charge in [-0.3, -0.25) is 0 Å². The van der Waals surface area contributed by atoms with Crippen LogP contribution in [0.15, 0.2) is 24.5 Å². The first kappa shape index (κ1) is 16.3. The van der Waals surface area contributed by atoms with Crippen molar-refractivity contribution >= 4 is 11.7 Å². The van der Waals surface area contributed by atoms with E-state index >= 15 is 0 Å². The number of rotatable bonds is 3. The van der Waals surface area contributed by atoms with Crippen LogP contribution in [-0.4, -0.2) is 21.0 Å². The molecule has 1 aliphatic rings. The number of hydrogen-bond donors (Lipinski definition) is 3. The van der Waals surface area contributed by atoms with Crippen molar-refractivity contribution in [2.75, 3.05) is 5.32 Å². The third kappa shape index (κ3) is 3.19. The lowest BCUT2D eigenvalue weighted by Gasteiger charge is -2.40. The second-order valence-electron chi connectivity index (χ2n) is 5.86. The van der Waals surface area contributed by atoms with E-state index in [-0.39, 0.29) is 5.69 Å². The van der Waals surface area contributed by atoms with E-state index in [0.717, 1.165) is 37.2 Å². The van der Waals surface area contributed by atoms with Gasteiger partial charge in [0.25, 0.3) is 0 Å². The van der Waals surface area contributed by atoms with Crippen molar-refractivity contribution in [3.63, 3.8) is 0 Å². The number of amides is 2. The van der Waals surface area contributed by atoms with Gasteiger partial charge in [0.05, 0.1) is 17.4 Å². The minimum atomic E-state index is -4.51. The fourth-order valence-electron chi connectivity index (χ4n) is 2.62. The molecule has 2 aromatic heterocycles. The number of carbonyl (C=O) groups excluding carboxylic acids is 1. The van der Waals surface area contributed by atoms with Gasteiger partial charge in [0.1, 0.15) is 11.5 Å². The number of carbonyl (C=O) groups is 1. The van der Waals surface area contributed by atoms with Gasteiger partial charge in [-0.05, 0) is 38.3 Å². The number of pyridine rings is 1. The summed E-state index contributed by atoms with van der Waals surface area (Å²) in [6, 6.07) is 1.48. The summed E-state index contributed by atoms with van der Waals surface area (Å²) in [4.78, 5) is 22.9. The van der Waals surface area contributed by atoms with Crippen molar-refractivity contribution in [1.82, 2.24) is 20.3 Å². The molecule has 6 nitrogen and oxygen atoms in total. The van der Waals surface area contributed by atoms with Crippen molar-refractivity contribution in [2.45, 2.75) is 37.9 Å². The number of aromatic amines is 1. The molecule has 3 N–H and O–H groups in total. The van der Waals surface area contributed by atoms with E-state index < -0.39 is 23.4 Å². The molecular formula is C15H16F3N5O. The van der Waals surface area contributed by atoms with Crippen molar-refractivity contribution in [3.8, 4) is 0 Å². The summed E-state index contributed by atoms with van der Waals surface area (Å²) in [6.45, 7) is 1.87. The number of imidazole rings is 1. The zero-order chi connectivity index (χ0) is 17.4. The highest BCUT2D eigenvalue weighted by Crippen LogP contribution is 2.39. The molecule has 2 aromatic rings. The molecule has 0 unspecified atom stereocenters. The molecule has 0 spiro atoms. The summed E-state index contributed by atoms with van der Waals surface area (Å²) >= 11 is 0. The van der Waals surface area contributed by atoms with Gasteiger partial charge >= 0.3 is 12.2 Å². The lowest BCUT2D eigenvalue weighted by Crippen LogP contribution is -2.52. The molecule has 1 aliphatic carbocycles. The molecule has 128 valence electrons. The van der Waals surface area contributed by atoms with Crippen LogP contribution in [0.3, 0.4) is 0 Å². The monoisotopic (exact) mass is 339 g/mol. The van der Waals surface area contributed by atoms with Crippen LogP contribution in [0, 0.1) is 6.92 Å². The Bertz CT molecular complexity index is 734. The van der Waals surface area contributed by atoms with Crippen LogP contribution >= 0.6 is 0 Å². The van der Waals surface area contributed by atoms with E-state index in [4.69, 9.17) is 0 Å². The third-order valence-electron chi connectivity index (χ3n) is 4.03. The van der Waals surface area contributed by atoms with Gasteiger partial charge in [0.15, 0.2) is 0 Å². The number of hydrogen-bond acceptors (Lipinski definition) is 3. The van der Waals surface area contributed by atoms with Crippen LogP contribution in [0.2, 0.25) is 0 Å². The summed E-state index contributed by atoms with van der Waals surface area (Å²) in [5, 5.41) is 5.36. The highest BCUT2D eigenvalue weighted by Gasteiger charge is 2.42. The average Bonchev–Trinajstić information content (AvgIpc) is 2.89. The maximum absolute atomic E-state index is 12.5. The number of H-pyrrole nitrogens is 1. The molecular weight excluding hydrogens is 323 g/mol. The number of alkyl halides is 3. The second-order valence-corrected chi connectivity index (χ2v) is 5.86. The SMILES string of the molecule is Cc1cnc(C2(NC(=O)Nc3ccc(C(F)(F)F)nc3)CCC2)[nH]1. The van der Waals surface area contributed by atoms with E-state index in [2.05, 4.69) is 25.6 Å². The van der Waals surface area contributed by atoms with Crippen LogP contribution < -0.4 is 10.6 Å². The highest BCUT2D eigenvalue weighted by atomic mass is 19.4. The highest BCUT2D eigenvalue weighted by molar-refractivity contribution is 5.89. The van der Waals surface area contributed by atoms with E-state index in [1.54, 1.807) is 6.20 Å². The molecule has 0 bridgehead atoms. The van der Waals surface area contributed by atoms with Gasteiger partial charge < -0.3 is 15.6 Å². The number of nitrogens with one attached hydrogen (secondary N) is 3. The molecule has 2 heterocycles. The minimum Gasteiger partial charge on any atom is -0.344 e. The molecule has 1 fully saturated rings. The van der Waals surface area contributed by atoms with Gasteiger partial charge in [0, 0.05) is 11.9 Å². The van der Waals surface area contributed by atoms with Crippen LogP contribution in [0.25, 0.3) is 0 Å². The maximum atomic E-state index is 12.5. The molecule has 9 heteroatoms. The summed E-state index contributed by atoms with van der Waals surface area (Å²) in [7, 11) is 0. The van der Waals surface area contributed by atoms with Crippen LogP contribution in [-0.2, 0) is 11.7 Å². The van der Waals surface area contributed by atoms with Crippen molar-refractivity contribution < 1.29 is 18.0 Å². The Morgan fingerprint density at radius 3 is 2.46 bits per heavy atom. The Morgan fingerprint density at radius 2 is 2.00 bits per heavy atom. The van der Waals surface area contributed by atoms with Gasteiger partial charge in [-0.1, -0.05) is 0 Å². The number of aromatic nitrogens is 3. The average molecular weight is 339 g/mol. The predicted octanol–water partition coefficient (Wildman–Crippen LogP) is 3.33. The third-order valence-corrected chi connectivity index (χ3v) is 4.03. The molecule has 0 radical (unpaired) electrons. The molecule has 0 aliphatic heterocycles. The fourth-order valence-corrected chi connectivity index (χ4v) is 2.62. The predicted molar refractivity (Wildman–Crippen MR) is 80.2 cm³/mol. The molecule has 2 amide bonds. The zero-order valence-electron chi connectivity index (χ0n) is 12.9. The summed E-state index contributed by atoms with van der Waals surface area (Å²) in [5.74, 6) is 0.687. The summed E-state index contributed by atoms with van der Waals surface area (Å²) < 4.78 is 37.4. The minimum absolute atomic E-state index is 0.186. The van der Waals surface area contributed by atoms with E-state index in [1.165, 1.54) is 6.07 Å². The van der Waals surface area contributed by atoms with Crippen LogP contribution in [0.5, 0.6) is 0 Å². The first-order chi connectivity index (χ1) is 11.3. The Labute approximate surface area is 135 Å². The van der Waals surface area contributed by atoms with Gasteiger partial charge in [-0.25, -0.2) is 14.8 Å². The Kier molecular flexibility index (Phi) is 3.94. The maximum Gasteiger partial charge on any atom is 0.433 e. The van der Waals surface area contributed by atoms with Gasteiger partial charge in [-0.2, -0.15) is 13.2 Å². The molecule has 0 atom stereocenters. The fraction of sp³-hybridized carbons (Fsp3) is 0.400. The zero-order valence-corrected chi connectivity index (χ0v) is 12.9. The lowest BCUT2D eigenvalue weighted by atomic mass is 9.76. The van der Waals surface area contributed by atoms with Gasteiger partial charge in [0.2, 0.25) is 0 Å². The smallest absolute Gasteiger partial charge is 0.344 e. The molecule has 24 heavy (non-hydrogen) atoms. The standard InChI is InChI=1S/C15H16F3N5O/c1-9-7-20-12(21-9)14(5-2-6-14)23-13(24)22-10-3-4-11(19-8-10)15(16,17)18/h3-4,7-8H,2,5-6H2,1H3,(H,20,21)(H2,22,23,24). The second kappa shape index (κ2) is 5.81. The molecule has 1 saturated carbocycles. The number of nitrogens with zero attached hydrogens (tertiary/aromatic N) is 2. The van der Waals surface area contributed by atoms with Crippen LogP contribution in [0.1, 0.15) is 36.5 Å². The van der Waals surface area contributed by atoms with Crippen molar-refractivity contribution in [3.05, 3.63) is 41.7 Å². The topological polar surface area (TPSA) is 82.7 Å². The number of halogens is 3. The van der Waals surface area contributed by atoms with Crippen LogP contribution in [0.4, 0.5) is 23.7 Å². The Morgan fingerprint density at radius 1 is 1.25 bits per heavy atom. The Balaban J connectivity index is 1.67. The normalized spacial score (nSPS) is 16.3. The van der Waals surface area contributed by atoms with Crippen molar-refractivity contribution in [2.24, 2.45) is 0 Å². The van der Waals surface area contributed by atoms with Gasteiger partial charge in [-0.15, -0.1) is 0 Å². The number of urea groups is 1. The summed E-state index contributed by atoms with van der Waals surface area (Å²) in [5.41, 5.74) is -0.483. The molecule has 3 rings (SSSR count). The first-order valence-corrected chi connectivity index (χ1v) is 7.43. The quantitative estimate of drug-likeness (QED) is 0.802. The van der Waals surface area contributed by atoms with Crippen molar-refractivity contribution in [1.29, 1.82) is 0 Å². The number of anilines is 1. The molecule has 0 aromatic carbocycles. The van der Waals surface area contributed by atoms with E-state index in [1.807, 2.05) is 6.92 Å². The largest absolute Gasteiger partial charge is 0.433 e. The Hall–Kier alpha value is -2.58. The first-order valence-electron chi connectivity index (χ1n) is 7.43. The summed E-state index contributed by atoms with van der Waals surface area (Å²) in [6.07, 6.45) is 0.620.